The van der Waals surface area contributed by atoms with Crippen LogP contribution < -0.4 is 0 Å². The molecule has 4 amide bonds. The highest BCUT2D eigenvalue weighted by Gasteiger charge is 2.45. The van der Waals surface area contributed by atoms with Gasteiger partial charge in [-0.3, -0.25) is 29.0 Å². The minimum Gasteiger partial charge on any atom is -0.274 e. The summed E-state index contributed by atoms with van der Waals surface area (Å²) in [6, 6.07) is 0. The fourth-order valence-electron chi connectivity index (χ4n) is 8.42. The van der Waals surface area contributed by atoms with E-state index in [1.807, 2.05) is 0 Å². The van der Waals surface area contributed by atoms with Crippen LogP contribution in [0, 0.1) is 11.8 Å². The van der Waals surface area contributed by atoms with Gasteiger partial charge in [0.05, 0.1) is 22.3 Å². The van der Waals surface area contributed by atoms with Crippen molar-refractivity contribution < 1.29 is 19.2 Å². The zero-order valence-corrected chi connectivity index (χ0v) is 39.5. The molecule has 2 heterocycles. The first-order valence-electron chi connectivity index (χ1n) is 21.1. The summed E-state index contributed by atoms with van der Waals surface area (Å²) in [5, 5.41) is 0.748. The van der Waals surface area contributed by atoms with Crippen LogP contribution in [-0.4, -0.2) is 46.5 Å². The molecule has 0 N–H and O–H groups in total. The smallest absolute Gasteiger partial charge is 0.262 e. The Labute approximate surface area is 358 Å². The fraction of sp³-hybridized carbons (Fsp3) is 0.682. The van der Waals surface area contributed by atoms with Gasteiger partial charge in [-0.1, -0.05) is 143 Å². The third kappa shape index (κ3) is 10.7. The molecular weight excluding hydrogens is 940 g/mol. The number of imide groups is 2. The molecule has 2 aliphatic heterocycles. The molecule has 2 aliphatic rings. The molecule has 2 atom stereocenters. The zero-order valence-electron chi connectivity index (χ0n) is 33.2. The molecule has 0 aromatic heterocycles. The fourth-order valence-corrected chi connectivity index (χ4v) is 10.7. The molecule has 0 radical (unpaired) electrons. The van der Waals surface area contributed by atoms with E-state index in [0.29, 0.717) is 64.0 Å². The van der Waals surface area contributed by atoms with Crippen LogP contribution in [0.2, 0.25) is 0 Å². The van der Waals surface area contributed by atoms with Crippen molar-refractivity contribution in [3.8, 4) is 0 Å². The number of hydrogen-bond donors (Lipinski definition) is 0. The third-order valence-corrected chi connectivity index (χ3v) is 15.8. The lowest BCUT2D eigenvalue weighted by molar-refractivity contribution is 0.0554. The van der Waals surface area contributed by atoms with Crippen LogP contribution in [0.25, 0.3) is 10.8 Å². The van der Waals surface area contributed by atoms with E-state index in [4.69, 9.17) is 0 Å². The predicted molar refractivity (Wildman–Crippen MR) is 237 cm³/mol. The van der Waals surface area contributed by atoms with Gasteiger partial charge >= 0.3 is 0 Å². The maximum absolute atomic E-state index is 14.5. The maximum atomic E-state index is 14.5. The minimum absolute atomic E-state index is 0.199. The van der Waals surface area contributed by atoms with Crippen LogP contribution in [0.5, 0.6) is 0 Å². The van der Waals surface area contributed by atoms with Gasteiger partial charge in [-0.15, -0.1) is 0 Å². The Kier molecular flexibility index (Phi) is 19.2. The standard InChI is InChI=1S/C44H62Br4N2O4/c1-5-9-13-15-16-17-18-19-20-22-26-30(24-12-8-4)28-50-43(53)35-32-31-33(37(45)39(35)47)41(51)49(27-29(23-11-7-3)25-21-14-10-6-2)42(52)34(31)38(46)40(48)36(32)44(50)54/h29-30H,5-28H2,1-4H3. The lowest BCUT2D eigenvalue weighted by Crippen LogP contribution is -2.46. The van der Waals surface area contributed by atoms with Crippen LogP contribution >= 0.6 is 63.7 Å². The second-order valence-electron chi connectivity index (χ2n) is 15.8. The normalized spacial score (nSPS) is 15.3. The average molecular weight is 1000 g/mol. The molecule has 300 valence electrons. The third-order valence-electron chi connectivity index (χ3n) is 11.6. The quantitative estimate of drug-likeness (QED) is 0.0695. The first-order valence-corrected chi connectivity index (χ1v) is 24.3. The Balaban J connectivity index is 1.62. The topological polar surface area (TPSA) is 74.8 Å². The number of carbonyl (C=O) groups is 4. The number of benzene rings is 2. The SMILES string of the molecule is CCCCCCCCCCCCC(CCCC)CN1C(=O)c2c(Br)c(Br)c3c4c(c(Br)c(Br)c(c24)C1=O)C(=O)N(CC(CCCC)CCCCCC)C3=O. The second-order valence-corrected chi connectivity index (χ2v) is 19.0. The van der Waals surface area contributed by atoms with E-state index in [1.54, 1.807) is 0 Å². The summed E-state index contributed by atoms with van der Waals surface area (Å²) in [5.74, 6) is -1.15. The predicted octanol–water partition coefficient (Wildman–Crippen LogP) is 15.0. The summed E-state index contributed by atoms with van der Waals surface area (Å²) < 4.78 is 1.77. The molecule has 10 heteroatoms. The summed E-state index contributed by atoms with van der Waals surface area (Å²) in [6.45, 7) is 9.48. The van der Waals surface area contributed by atoms with Crippen molar-refractivity contribution in [3.63, 3.8) is 0 Å². The largest absolute Gasteiger partial charge is 0.274 e. The van der Waals surface area contributed by atoms with Crippen molar-refractivity contribution in [2.45, 2.75) is 169 Å². The van der Waals surface area contributed by atoms with E-state index in [0.717, 1.165) is 77.0 Å². The van der Waals surface area contributed by atoms with Crippen molar-refractivity contribution in [1.29, 1.82) is 0 Å². The summed E-state index contributed by atoms with van der Waals surface area (Å²) >= 11 is 14.8. The van der Waals surface area contributed by atoms with E-state index in [1.165, 1.54) is 74.0 Å². The Hall–Kier alpha value is -1.10. The Morgan fingerprint density at radius 3 is 0.907 bits per heavy atom. The summed E-state index contributed by atoms with van der Waals surface area (Å²) in [5.41, 5.74) is 1.29. The number of nitrogens with zero attached hydrogens (tertiary/aromatic N) is 2. The Morgan fingerprint density at radius 2 is 0.611 bits per heavy atom. The van der Waals surface area contributed by atoms with Crippen molar-refractivity contribution in [1.82, 2.24) is 9.80 Å². The number of amides is 4. The van der Waals surface area contributed by atoms with E-state index in [9.17, 15) is 19.2 Å². The average Bonchev–Trinajstić information content (AvgIpc) is 3.15. The van der Waals surface area contributed by atoms with Gasteiger partial charge in [-0.25, -0.2) is 0 Å². The molecule has 0 bridgehead atoms. The number of unbranched alkanes of at least 4 members (excludes halogenated alkanes) is 14. The molecule has 0 saturated heterocycles. The molecule has 0 spiro atoms. The van der Waals surface area contributed by atoms with Gasteiger partial charge in [0.25, 0.3) is 23.6 Å². The molecule has 2 unspecified atom stereocenters. The van der Waals surface area contributed by atoms with Gasteiger partial charge in [-0.2, -0.15) is 0 Å². The first-order chi connectivity index (χ1) is 26.0. The lowest BCUT2D eigenvalue weighted by atomic mass is 9.84. The van der Waals surface area contributed by atoms with E-state index >= 15 is 0 Å². The van der Waals surface area contributed by atoms with Crippen molar-refractivity contribution in [2.75, 3.05) is 13.1 Å². The molecule has 0 aliphatic carbocycles. The van der Waals surface area contributed by atoms with Crippen LogP contribution in [0.1, 0.15) is 210 Å². The van der Waals surface area contributed by atoms with E-state index in [2.05, 4.69) is 91.4 Å². The van der Waals surface area contributed by atoms with E-state index < -0.39 is 0 Å². The Bertz CT molecular complexity index is 1560. The van der Waals surface area contributed by atoms with Gasteiger partial charge in [0.15, 0.2) is 0 Å². The highest BCUT2D eigenvalue weighted by atomic mass is 79.9. The van der Waals surface area contributed by atoms with Gasteiger partial charge in [0, 0.05) is 41.8 Å². The summed E-state index contributed by atoms with van der Waals surface area (Å²) in [6.07, 6.45) is 25.3. The number of halogens is 4. The lowest BCUT2D eigenvalue weighted by Gasteiger charge is -2.36. The monoisotopic (exact) mass is 998 g/mol. The van der Waals surface area contributed by atoms with Crippen LogP contribution in [0.15, 0.2) is 17.9 Å². The van der Waals surface area contributed by atoms with Crippen molar-refractivity contribution in [2.24, 2.45) is 11.8 Å². The summed E-state index contributed by atoms with van der Waals surface area (Å²) in [4.78, 5) is 60.8. The molecular formula is C44H62Br4N2O4. The van der Waals surface area contributed by atoms with Gasteiger partial charge in [0.1, 0.15) is 0 Å². The number of rotatable bonds is 26. The highest BCUT2D eigenvalue weighted by molar-refractivity contribution is 9.13. The maximum Gasteiger partial charge on any atom is 0.262 e. The van der Waals surface area contributed by atoms with Crippen LogP contribution in [-0.2, 0) is 0 Å². The molecule has 0 fully saturated rings. The van der Waals surface area contributed by atoms with Crippen molar-refractivity contribution >= 4 is 98.1 Å². The zero-order chi connectivity index (χ0) is 39.4. The molecule has 4 rings (SSSR count). The van der Waals surface area contributed by atoms with Gasteiger partial charge in [-0.05, 0) is 101 Å². The molecule has 0 saturated carbocycles. The van der Waals surface area contributed by atoms with Crippen molar-refractivity contribution in [3.05, 3.63) is 40.1 Å². The van der Waals surface area contributed by atoms with Crippen LogP contribution in [0.3, 0.4) is 0 Å². The highest BCUT2D eigenvalue weighted by Crippen LogP contribution is 2.51. The van der Waals surface area contributed by atoms with Crippen LogP contribution in [0.4, 0.5) is 0 Å². The molecule has 6 nitrogen and oxygen atoms in total. The molecule has 2 aromatic rings. The first kappa shape index (κ1) is 45.6. The van der Waals surface area contributed by atoms with Gasteiger partial charge < -0.3 is 0 Å². The molecule has 54 heavy (non-hydrogen) atoms. The van der Waals surface area contributed by atoms with E-state index in [-0.39, 0.29) is 35.5 Å². The summed E-state index contributed by atoms with van der Waals surface area (Å²) in [7, 11) is 0. The second kappa shape index (κ2) is 22.7. The minimum atomic E-state index is -0.389. The Morgan fingerprint density at radius 1 is 0.370 bits per heavy atom. The number of hydrogen-bond acceptors (Lipinski definition) is 4. The number of carbonyl (C=O) groups excluding carboxylic acids is 4. The van der Waals surface area contributed by atoms with Gasteiger partial charge in [0.2, 0.25) is 0 Å². The molecule has 2 aromatic carbocycles.